The fraction of sp³-hybridized carbons (Fsp3) is 0.267. The molecule has 3 aromatic carbocycles. The van der Waals surface area contributed by atoms with Gasteiger partial charge in [-0.15, -0.1) is 0 Å². The van der Waals surface area contributed by atoms with Gasteiger partial charge in [-0.05, 0) is 77.0 Å². The first-order chi connectivity index (χ1) is 18.3. The summed E-state index contributed by atoms with van der Waals surface area (Å²) in [5.74, 6) is 0.385. The molecule has 0 radical (unpaired) electrons. The zero-order chi connectivity index (χ0) is 28.4. The van der Waals surface area contributed by atoms with E-state index in [1.54, 1.807) is 24.3 Å². The number of ether oxygens (including phenoxy) is 1. The molecular formula is C30H28ClF3N2O2S. The maximum Gasteiger partial charge on any atom is 0.416 e. The van der Waals surface area contributed by atoms with E-state index in [0.717, 1.165) is 29.0 Å². The summed E-state index contributed by atoms with van der Waals surface area (Å²) in [5.41, 5.74) is 3.30. The third-order valence-electron chi connectivity index (χ3n) is 6.14. The normalized spacial score (nSPS) is 12.6. The summed E-state index contributed by atoms with van der Waals surface area (Å²) < 4.78 is 46.3. The van der Waals surface area contributed by atoms with E-state index in [9.17, 15) is 18.0 Å². The Morgan fingerprint density at radius 1 is 0.872 bits per heavy atom. The standard InChI is InChI=1S/C30H28ClF3N2O2S/c1-19-27(31)28(39-36(19)18-21-5-9-22(10-6-21)29(2,3)4)35-26(37)17-20-7-13-24(14-8-20)38-25-15-11-23(12-16-25)30(32,33)34/h5-16H,17-18H2,1-4H3. The Morgan fingerprint density at radius 3 is 1.92 bits per heavy atom. The number of nitrogens with zero attached hydrogens (tertiary/aromatic N) is 2. The minimum Gasteiger partial charge on any atom is -0.457 e. The van der Waals surface area contributed by atoms with Crippen molar-refractivity contribution in [1.29, 1.82) is 0 Å². The second-order valence-corrected chi connectivity index (χ2v) is 11.6. The average molecular weight is 573 g/mol. The molecule has 0 unspecified atom stereocenters. The molecule has 4 aromatic rings. The van der Waals surface area contributed by atoms with Crippen molar-refractivity contribution in [3.05, 3.63) is 110 Å². The van der Waals surface area contributed by atoms with E-state index in [4.69, 9.17) is 16.3 Å². The highest BCUT2D eigenvalue weighted by Crippen LogP contribution is 2.31. The highest BCUT2D eigenvalue weighted by molar-refractivity contribution is 7.04. The van der Waals surface area contributed by atoms with Gasteiger partial charge in [-0.3, -0.25) is 8.75 Å². The molecule has 0 atom stereocenters. The van der Waals surface area contributed by atoms with Crippen molar-refractivity contribution in [3.63, 3.8) is 0 Å². The van der Waals surface area contributed by atoms with Gasteiger partial charge < -0.3 is 4.74 Å². The van der Waals surface area contributed by atoms with Crippen LogP contribution >= 0.6 is 23.1 Å². The second kappa shape index (κ2) is 11.4. The largest absolute Gasteiger partial charge is 0.457 e. The third-order valence-corrected chi connectivity index (χ3v) is 7.80. The minimum absolute atomic E-state index is 0.0715. The van der Waals surface area contributed by atoms with E-state index < -0.39 is 11.7 Å². The molecule has 0 saturated carbocycles. The maximum atomic E-state index is 12.7. The average Bonchev–Trinajstić information content (AvgIpc) is 3.12. The highest BCUT2D eigenvalue weighted by atomic mass is 35.5. The molecule has 0 spiro atoms. The monoisotopic (exact) mass is 572 g/mol. The number of amides is 1. The molecule has 0 aliphatic carbocycles. The number of benzene rings is 3. The van der Waals surface area contributed by atoms with E-state index in [1.165, 1.54) is 29.2 Å². The number of hydrogen-bond acceptors (Lipinski definition) is 3. The highest BCUT2D eigenvalue weighted by Gasteiger charge is 2.30. The van der Waals surface area contributed by atoms with Crippen LogP contribution in [0.15, 0.2) is 77.8 Å². The predicted molar refractivity (Wildman–Crippen MR) is 149 cm³/mol. The molecule has 0 aliphatic heterocycles. The summed E-state index contributed by atoms with van der Waals surface area (Å²) in [6, 6.07) is 19.7. The van der Waals surface area contributed by atoms with Crippen LogP contribution in [0.5, 0.6) is 11.5 Å². The predicted octanol–water partition coefficient (Wildman–Crippen LogP) is 8.34. The van der Waals surface area contributed by atoms with Crippen molar-refractivity contribution in [2.75, 3.05) is 0 Å². The molecule has 1 amide bonds. The topological polar surface area (TPSA) is 43.6 Å². The van der Waals surface area contributed by atoms with E-state index in [2.05, 4.69) is 50.0 Å². The van der Waals surface area contributed by atoms with E-state index in [0.29, 0.717) is 22.0 Å². The van der Waals surface area contributed by atoms with Gasteiger partial charge in [0, 0.05) is 5.69 Å². The number of aromatic nitrogens is 1. The fourth-order valence-electron chi connectivity index (χ4n) is 3.82. The van der Waals surface area contributed by atoms with Crippen LogP contribution in [0.1, 0.15) is 48.7 Å². The van der Waals surface area contributed by atoms with Crippen molar-refractivity contribution in [3.8, 4) is 11.5 Å². The van der Waals surface area contributed by atoms with Crippen LogP contribution in [0.4, 0.5) is 13.2 Å². The number of rotatable bonds is 6. The van der Waals surface area contributed by atoms with Crippen LogP contribution in [0.2, 0.25) is 5.02 Å². The Hall–Kier alpha value is -3.36. The number of halogens is 4. The second-order valence-electron chi connectivity index (χ2n) is 10.2. The summed E-state index contributed by atoms with van der Waals surface area (Å²) in [5, 5.41) is 0.458. The number of alkyl halides is 3. The van der Waals surface area contributed by atoms with Crippen LogP contribution < -0.4 is 9.41 Å². The SMILES string of the molecule is Cc1c(Cl)c(=NC(=O)Cc2ccc(Oc3ccc(C(F)(F)F)cc3)cc2)sn1Cc1ccc(C(C)(C)C)cc1. The molecule has 39 heavy (non-hydrogen) atoms. The fourth-order valence-corrected chi connectivity index (χ4v) is 5.14. The maximum absolute atomic E-state index is 12.7. The summed E-state index contributed by atoms with van der Waals surface area (Å²) in [4.78, 5) is 16.9. The van der Waals surface area contributed by atoms with Gasteiger partial charge in [-0.2, -0.15) is 18.2 Å². The van der Waals surface area contributed by atoms with Gasteiger partial charge in [-0.25, -0.2) is 0 Å². The summed E-state index contributed by atoms with van der Waals surface area (Å²) in [6.07, 6.45) is -4.33. The van der Waals surface area contributed by atoms with Crippen LogP contribution in [0, 0.1) is 6.92 Å². The molecule has 4 nitrogen and oxygen atoms in total. The molecule has 1 heterocycles. The molecule has 0 N–H and O–H groups in total. The van der Waals surface area contributed by atoms with Gasteiger partial charge in [-0.1, -0.05) is 68.8 Å². The van der Waals surface area contributed by atoms with E-state index >= 15 is 0 Å². The van der Waals surface area contributed by atoms with Gasteiger partial charge >= 0.3 is 6.18 Å². The Labute approximate surface area is 234 Å². The van der Waals surface area contributed by atoms with Crippen molar-refractivity contribution in [2.24, 2.45) is 4.99 Å². The van der Waals surface area contributed by atoms with E-state index in [1.807, 2.05) is 10.9 Å². The summed E-state index contributed by atoms with van der Waals surface area (Å²) in [7, 11) is 0. The van der Waals surface area contributed by atoms with E-state index in [-0.39, 0.29) is 23.5 Å². The summed E-state index contributed by atoms with van der Waals surface area (Å²) in [6.45, 7) is 9.06. The van der Waals surface area contributed by atoms with Crippen molar-refractivity contribution in [2.45, 2.75) is 52.3 Å². The van der Waals surface area contributed by atoms with Gasteiger partial charge in [0.2, 0.25) is 0 Å². The van der Waals surface area contributed by atoms with Crippen molar-refractivity contribution < 1.29 is 22.7 Å². The van der Waals surface area contributed by atoms with Gasteiger partial charge in [0.05, 0.1) is 23.6 Å². The number of carbonyl (C=O) groups is 1. The lowest BCUT2D eigenvalue weighted by atomic mass is 9.87. The first-order valence-corrected chi connectivity index (χ1v) is 13.4. The zero-order valence-corrected chi connectivity index (χ0v) is 23.5. The molecule has 9 heteroatoms. The van der Waals surface area contributed by atoms with Gasteiger partial charge in [0.15, 0.2) is 4.67 Å². The lowest BCUT2D eigenvalue weighted by molar-refractivity contribution is -0.137. The Balaban J connectivity index is 1.40. The summed E-state index contributed by atoms with van der Waals surface area (Å²) >= 11 is 7.85. The molecule has 204 valence electrons. The Morgan fingerprint density at radius 2 is 1.38 bits per heavy atom. The molecule has 0 fully saturated rings. The molecule has 0 saturated heterocycles. The quantitative estimate of drug-likeness (QED) is 0.233. The molecule has 0 bridgehead atoms. The first kappa shape index (κ1) is 28.6. The van der Waals surface area contributed by atoms with Crippen LogP contribution in [0.25, 0.3) is 0 Å². The first-order valence-electron chi connectivity index (χ1n) is 12.3. The van der Waals surface area contributed by atoms with Crippen LogP contribution in [0.3, 0.4) is 0 Å². The van der Waals surface area contributed by atoms with Crippen LogP contribution in [-0.4, -0.2) is 9.86 Å². The number of hydrogen-bond donors (Lipinski definition) is 0. The number of carbonyl (C=O) groups excluding carboxylic acids is 1. The van der Waals surface area contributed by atoms with Crippen LogP contribution in [-0.2, 0) is 29.4 Å². The molecule has 1 aromatic heterocycles. The smallest absolute Gasteiger partial charge is 0.416 e. The lowest BCUT2D eigenvalue weighted by Gasteiger charge is -2.19. The lowest BCUT2D eigenvalue weighted by Crippen LogP contribution is -2.11. The Kier molecular flexibility index (Phi) is 8.37. The minimum atomic E-state index is -4.40. The molecule has 4 rings (SSSR count). The zero-order valence-electron chi connectivity index (χ0n) is 22.0. The molecular weight excluding hydrogens is 545 g/mol. The Bertz CT molecular complexity index is 1510. The van der Waals surface area contributed by atoms with Gasteiger partial charge in [0.25, 0.3) is 5.91 Å². The van der Waals surface area contributed by atoms with Gasteiger partial charge in [0.1, 0.15) is 11.5 Å². The third kappa shape index (κ3) is 7.40. The van der Waals surface area contributed by atoms with Crippen molar-refractivity contribution in [1.82, 2.24) is 3.96 Å². The van der Waals surface area contributed by atoms with Crippen molar-refractivity contribution >= 4 is 29.0 Å². The molecule has 0 aliphatic rings.